The minimum Gasteiger partial charge on any atom is -0.493 e. The standard InChI is InChI=1S/C22H19ClN4O4/c1-28-15-8-12(9-16(29-2)20(15)30-3)19-18-17(11-5-4-6-13(23)7-11)14(10-24)21(25)31-22(18)27-26-19/h4-9,17H,25H2,1-3H3,(H,26,27)/t17-/m0/s1. The summed E-state index contributed by atoms with van der Waals surface area (Å²) in [6.45, 7) is 0. The van der Waals surface area contributed by atoms with Gasteiger partial charge in [0.05, 0.1) is 38.5 Å². The molecule has 0 spiro atoms. The average Bonchev–Trinajstić information content (AvgIpc) is 3.20. The Morgan fingerprint density at radius 2 is 1.84 bits per heavy atom. The Morgan fingerprint density at radius 3 is 2.42 bits per heavy atom. The molecule has 0 amide bonds. The van der Waals surface area contributed by atoms with Crippen molar-refractivity contribution in [3.05, 3.63) is 64.0 Å². The number of rotatable bonds is 5. The number of H-pyrrole nitrogens is 1. The third-order valence-corrected chi connectivity index (χ3v) is 5.31. The van der Waals surface area contributed by atoms with Crippen LogP contribution in [0.15, 0.2) is 47.9 Å². The van der Waals surface area contributed by atoms with Crippen molar-refractivity contribution in [2.45, 2.75) is 5.92 Å². The van der Waals surface area contributed by atoms with Gasteiger partial charge >= 0.3 is 0 Å². The Morgan fingerprint density at radius 1 is 1.13 bits per heavy atom. The lowest BCUT2D eigenvalue weighted by Crippen LogP contribution is -2.21. The van der Waals surface area contributed by atoms with E-state index in [1.165, 1.54) is 7.11 Å². The van der Waals surface area contributed by atoms with E-state index in [1.807, 2.05) is 12.1 Å². The van der Waals surface area contributed by atoms with Crippen LogP contribution in [0.1, 0.15) is 17.0 Å². The minimum atomic E-state index is -0.528. The lowest BCUT2D eigenvalue weighted by atomic mass is 9.83. The van der Waals surface area contributed by atoms with Crippen LogP contribution in [0.2, 0.25) is 5.02 Å². The fourth-order valence-corrected chi connectivity index (χ4v) is 3.91. The van der Waals surface area contributed by atoms with Crippen LogP contribution in [0, 0.1) is 11.3 Å². The molecule has 0 saturated carbocycles. The topological polar surface area (TPSA) is 115 Å². The van der Waals surface area contributed by atoms with E-state index in [1.54, 1.807) is 38.5 Å². The van der Waals surface area contributed by atoms with E-state index in [2.05, 4.69) is 16.3 Å². The molecule has 2 heterocycles. The highest BCUT2D eigenvalue weighted by molar-refractivity contribution is 6.30. The maximum atomic E-state index is 9.83. The van der Waals surface area contributed by atoms with Crippen molar-refractivity contribution in [1.29, 1.82) is 5.26 Å². The van der Waals surface area contributed by atoms with E-state index >= 15 is 0 Å². The summed E-state index contributed by atoms with van der Waals surface area (Å²) >= 11 is 6.23. The van der Waals surface area contributed by atoms with Gasteiger partial charge in [0.25, 0.3) is 0 Å². The molecular formula is C22H19ClN4O4. The molecule has 2 aromatic carbocycles. The molecule has 0 unspecified atom stereocenters. The molecule has 3 N–H and O–H groups in total. The summed E-state index contributed by atoms with van der Waals surface area (Å²) in [6, 6.07) is 13.0. The first-order valence-corrected chi connectivity index (χ1v) is 9.61. The molecule has 1 aliphatic rings. The summed E-state index contributed by atoms with van der Waals surface area (Å²) < 4.78 is 22.0. The van der Waals surface area contributed by atoms with Crippen molar-refractivity contribution in [2.75, 3.05) is 21.3 Å². The molecule has 0 fully saturated rings. The fourth-order valence-electron chi connectivity index (χ4n) is 3.71. The smallest absolute Gasteiger partial charge is 0.244 e. The third-order valence-electron chi connectivity index (χ3n) is 5.07. The number of halogens is 1. The number of nitrogens with one attached hydrogen (secondary N) is 1. The molecule has 8 nitrogen and oxygen atoms in total. The minimum absolute atomic E-state index is 0.00270. The van der Waals surface area contributed by atoms with E-state index < -0.39 is 5.92 Å². The van der Waals surface area contributed by atoms with Crippen molar-refractivity contribution < 1.29 is 18.9 Å². The summed E-state index contributed by atoms with van der Waals surface area (Å²) in [7, 11) is 4.62. The van der Waals surface area contributed by atoms with Crippen molar-refractivity contribution in [3.8, 4) is 40.5 Å². The Balaban J connectivity index is 1.96. The van der Waals surface area contributed by atoms with Gasteiger partial charge in [-0.05, 0) is 29.8 Å². The summed E-state index contributed by atoms with van der Waals surface area (Å²) in [6.07, 6.45) is 0. The first-order chi connectivity index (χ1) is 15.0. The summed E-state index contributed by atoms with van der Waals surface area (Å²) in [5, 5.41) is 17.7. The summed E-state index contributed by atoms with van der Waals surface area (Å²) in [4.78, 5) is 0. The molecular weight excluding hydrogens is 420 g/mol. The van der Waals surface area contributed by atoms with Gasteiger partial charge in [-0.3, -0.25) is 5.10 Å². The molecule has 3 aromatic rings. The maximum Gasteiger partial charge on any atom is 0.244 e. The molecule has 0 saturated heterocycles. The third kappa shape index (κ3) is 3.39. The predicted molar refractivity (Wildman–Crippen MR) is 114 cm³/mol. The second-order valence-electron chi connectivity index (χ2n) is 6.71. The monoisotopic (exact) mass is 438 g/mol. The lowest BCUT2D eigenvalue weighted by molar-refractivity contribution is 0.324. The summed E-state index contributed by atoms with van der Waals surface area (Å²) in [5.74, 6) is 1.18. The van der Waals surface area contributed by atoms with E-state index in [0.29, 0.717) is 39.1 Å². The van der Waals surface area contributed by atoms with Gasteiger partial charge < -0.3 is 24.7 Å². The van der Waals surface area contributed by atoms with Gasteiger partial charge in [-0.25, -0.2) is 0 Å². The van der Waals surface area contributed by atoms with Gasteiger partial charge in [0, 0.05) is 10.6 Å². The Labute approximate surface area is 183 Å². The number of nitriles is 1. The highest BCUT2D eigenvalue weighted by atomic mass is 35.5. The molecule has 0 radical (unpaired) electrons. The number of aromatic nitrogens is 2. The first-order valence-electron chi connectivity index (χ1n) is 9.24. The zero-order valence-corrected chi connectivity index (χ0v) is 17.8. The van der Waals surface area contributed by atoms with Gasteiger partial charge in [-0.1, -0.05) is 23.7 Å². The van der Waals surface area contributed by atoms with Crippen LogP contribution >= 0.6 is 11.6 Å². The van der Waals surface area contributed by atoms with Crippen LogP contribution in [-0.4, -0.2) is 31.5 Å². The number of aromatic amines is 1. The number of ether oxygens (including phenoxy) is 4. The number of hydrogen-bond acceptors (Lipinski definition) is 7. The van der Waals surface area contributed by atoms with E-state index in [0.717, 1.165) is 5.56 Å². The number of hydrogen-bond donors (Lipinski definition) is 2. The molecule has 158 valence electrons. The van der Waals surface area contributed by atoms with Crippen LogP contribution in [0.4, 0.5) is 0 Å². The predicted octanol–water partition coefficient (Wildman–Crippen LogP) is 3.97. The largest absolute Gasteiger partial charge is 0.493 e. The van der Waals surface area contributed by atoms with Gasteiger partial charge in [-0.2, -0.15) is 5.26 Å². The van der Waals surface area contributed by atoms with Crippen LogP contribution < -0.4 is 24.7 Å². The van der Waals surface area contributed by atoms with Gasteiger partial charge in [-0.15, -0.1) is 5.10 Å². The molecule has 1 aliphatic heterocycles. The van der Waals surface area contributed by atoms with Crippen LogP contribution in [-0.2, 0) is 0 Å². The van der Waals surface area contributed by atoms with Crippen molar-refractivity contribution in [1.82, 2.24) is 10.2 Å². The number of fused-ring (bicyclic) bond motifs is 1. The van der Waals surface area contributed by atoms with Crippen molar-refractivity contribution >= 4 is 11.6 Å². The van der Waals surface area contributed by atoms with Crippen molar-refractivity contribution in [2.24, 2.45) is 5.73 Å². The number of allylic oxidation sites excluding steroid dienone is 1. The first kappa shape index (κ1) is 20.4. The second-order valence-corrected chi connectivity index (χ2v) is 7.15. The average molecular weight is 439 g/mol. The summed E-state index contributed by atoms with van der Waals surface area (Å²) in [5.41, 5.74) is 9.08. The zero-order valence-electron chi connectivity index (χ0n) is 17.0. The molecule has 4 rings (SSSR count). The maximum absolute atomic E-state index is 9.83. The Kier molecular flexibility index (Phi) is 5.36. The van der Waals surface area contributed by atoms with Crippen molar-refractivity contribution in [3.63, 3.8) is 0 Å². The SMILES string of the molecule is COc1cc(-c2[nH]nc3c2[C@@H](c2cccc(Cl)c2)C(C#N)=C(N)O3)cc(OC)c1OC. The van der Waals surface area contributed by atoms with Gasteiger partial charge in [0.15, 0.2) is 11.5 Å². The zero-order chi connectivity index (χ0) is 22.1. The van der Waals surface area contributed by atoms with E-state index in [-0.39, 0.29) is 17.3 Å². The number of methoxy groups -OCH3 is 3. The molecule has 0 bridgehead atoms. The highest BCUT2D eigenvalue weighted by Crippen LogP contribution is 2.48. The molecule has 31 heavy (non-hydrogen) atoms. The van der Waals surface area contributed by atoms with E-state index in [4.69, 9.17) is 36.3 Å². The van der Waals surface area contributed by atoms with Crippen LogP contribution in [0.5, 0.6) is 23.1 Å². The normalized spacial score (nSPS) is 15.0. The molecule has 1 atom stereocenters. The Bertz CT molecular complexity index is 1200. The van der Waals surface area contributed by atoms with Crippen LogP contribution in [0.3, 0.4) is 0 Å². The highest BCUT2D eigenvalue weighted by Gasteiger charge is 2.36. The molecule has 1 aromatic heterocycles. The fraction of sp³-hybridized carbons (Fsp3) is 0.182. The molecule has 0 aliphatic carbocycles. The Hall–Kier alpha value is -3.83. The number of nitrogens with zero attached hydrogens (tertiary/aromatic N) is 2. The van der Waals surface area contributed by atoms with Gasteiger partial charge in [0.1, 0.15) is 11.6 Å². The number of benzene rings is 2. The lowest BCUT2D eigenvalue weighted by Gasteiger charge is -2.24. The quantitative estimate of drug-likeness (QED) is 0.619. The number of nitrogens with two attached hydrogens (primary N) is 1. The van der Waals surface area contributed by atoms with E-state index in [9.17, 15) is 5.26 Å². The second kappa shape index (κ2) is 8.13. The molecule has 9 heteroatoms. The van der Waals surface area contributed by atoms with Gasteiger partial charge in [0.2, 0.25) is 17.5 Å². The van der Waals surface area contributed by atoms with Crippen LogP contribution in [0.25, 0.3) is 11.3 Å².